The van der Waals surface area contributed by atoms with Crippen LogP contribution >= 0.6 is 0 Å². The molecule has 39 heavy (non-hydrogen) atoms. The summed E-state index contributed by atoms with van der Waals surface area (Å²) in [4.78, 5) is 38.9. The number of halogens is 1. The molecule has 9 nitrogen and oxygen atoms in total. The maximum absolute atomic E-state index is 13.5. The fraction of sp³-hybridized carbons (Fsp3) is 0.464. The molecule has 4 amide bonds. The van der Waals surface area contributed by atoms with Crippen LogP contribution in [-0.4, -0.2) is 51.3 Å². The molecule has 0 saturated heterocycles. The molecule has 1 unspecified atom stereocenters. The Morgan fingerprint density at radius 2 is 1.64 bits per heavy atom. The van der Waals surface area contributed by atoms with Crippen LogP contribution in [0.2, 0.25) is 0 Å². The van der Waals surface area contributed by atoms with E-state index in [0.29, 0.717) is 24.7 Å². The van der Waals surface area contributed by atoms with Gasteiger partial charge in [-0.3, -0.25) is 9.59 Å². The van der Waals surface area contributed by atoms with Crippen LogP contribution < -0.4 is 20.7 Å². The monoisotopic (exact) mass is 557 g/mol. The van der Waals surface area contributed by atoms with E-state index < -0.39 is 28.3 Å². The topological polar surface area (TPSA) is 120 Å². The van der Waals surface area contributed by atoms with Gasteiger partial charge in [0, 0.05) is 43.2 Å². The Bertz CT molecular complexity index is 1250. The van der Waals surface area contributed by atoms with E-state index in [0.717, 1.165) is 36.8 Å². The van der Waals surface area contributed by atoms with Gasteiger partial charge in [0.15, 0.2) is 0 Å². The van der Waals surface area contributed by atoms with E-state index in [9.17, 15) is 23.0 Å². The lowest BCUT2D eigenvalue weighted by Gasteiger charge is -2.29. The number of nitrogens with zero attached hydrogens (tertiary/aromatic N) is 1. The second kappa shape index (κ2) is 12.3. The maximum atomic E-state index is 13.5. The van der Waals surface area contributed by atoms with E-state index in [1.807, 2.05) is 24.3 Å². The van der Waals surface area contributed by atoms with Gasteiger partial charge in [-0.2, -0.15) is 0 Å². The summed E-state index contributed by atoms with van der Waals surface area (Å²) in [7, 11) is -1.23. The molecule has 2 aliphatic rings. The zero-order valence-electron chi connectivity index (χ0n) is 22.5. The summed E-state index contributed by atoms with van der Waals surface area (Å²) in [5.41, 5.74) is 3.05. The van der Waals surface area contributed by atoms with Crippen molar-refractivity contribution in [3.63, 3.8) is 0 Å². The average Bonchev–Trinajstić information content (AvgIpc) is 3.31. The number of hydrogen-bond donors (Lipinski definition) is 4. The van der Waals surface area contributed by atoms with E-state index in [1.165, 1.54) is 24.0 Å². The number of anilines is 1. The Hall–Kier alpha value is -3.31. The Morgan fingerprint density at radius 3 is 2.31 bits per heavy atom. The molecule has 2 aromatic carbocycles. The fourth-order valence-corrected chi connectivity index (χ4v) is 6.03. The highest BCUT2D eigenvalue weighted by Crippen LogP contribution is 2.33. The van der Waals surface area contributed by atoms with Crippen molar-refractivity contribution in [1.29, 1.82) is 0 Å². The predicted molar refractivity (Wildman–Crippen MR) is 149 cm³/mol. The van der Waals surface area contributed by atoms with Crippen molar-refractivity contribution in [2.75, 3.05) is 18.1 Å². The van der Waals surface area contributed by atoms with Crippen LogP contribution in [0.25, 0.3) is 0 Å². The Labute approximate surface area is 230 Å². The van der Waals surface area contributed by atoms with Crippen LogP contribution in [0, 0.1) is 5.82 Å². The van der Waals surface area contributed by atoms with Gasteiger partial charge in [0.1, 0.15) is 5.82 Å². The van der Waals surface area contributed by atoms with E-state index in [2.05, 4.69) is 20.7 Å². The van der Waals surface area contributed by atoms with Gasteiger partial charge < -0.3 is 20.9 Å². The van der Waals surface area contributed by atoms with E-state index in [4.69, 9.17) is 0 Å². The predicted octanol–water partition coefficient (Wildman–Crippen LogP) is 3.29. The van der Waals surface area contributed by atoms with E-state index >= 15 is 0 Å². The van der Waals surface area contributed by atoms with Gasteiger partial charge in [-0.25, -0.2) is 18.1 Å². The lowest BCUT2D eigenvalue weighted by molar-refractivity contribution is -0.139. The van der Waals surface area contributed by atoms with Crippen molar-refractivity contribution in [3.8, 4) is 0 Å². The smallest absolute Gasteiger partial charge is 0.322 e. The van der Waals surface area contributed by atoms with Crippen LogP contribution in [0.1, 0.15) is 62.1 Å². The summed E-state index contributed by atoms with van der Waals surface area (Å²) < 4.78 is 27.7. The molecule has 4 N–H and O–H groups in total. The molecule has 0 radical (unpaired) electrons. The summed E-state index contributed by atoms with van der Waals surface area (Å²) in [5, 5.41) is 8.35. The molecule has 1 heterocycles. The van der Waals surface area contributed by atoms with Gasteiger partial charge in [-0.15, -0.1) is 0 Å². The summed E-state index contributed by atoms with van der Waals surface area (Å²) in [5.74, 6) is -1.31. The number of benzene rings is 2. The average molecular weight is 558 g/mol. The number of nitrogens with one attached hydrogen (secondary N) is 4. The van der Waals surface area contributed by atoms with Crippen molar-refractivity contribution in [2.24, 2.45) is 0 Å². The number of rotatable bonds is 7. The molecule has 1 fully saturated rings. The maximum Gasteiger partial charge on any atom is 0.322 e. The number of urea groups is 1. The van der Waals surface area contributed by atoms with Crippen LogP contribution in [0.5, 0.6) is 0 Å². The van der Waals surface area contributed by atoms with Gasteiger partial charge in [0.2, 0.25) is 0 Å². The second-order valence-corrected chi connectivity index (χ2v) is 12.1. The van der Waals surface area contributed by atoms with Gasteiger partial charge in [0.05, 0.1) is 11.0 Å². The number of fused-ring (bicyclic) bond motifs is 1. The summed E-state index contributed by atoms with van der Waals surface area (Å²) >= 11 is 0. The molecule has 0 spiro atoms. The first-order valence-electron chi connectivity index (χ1n) is 13.1. The molecule has 1 saturated carbocycles. The molecule has 4 rings (SSSR count). The summed E-state index contributed by atoms with van der Waals surface area (Å²) in [6.07, 6.45) is 4.79. The van der Waals surface area contributed by atoms with Gasteiger partial charge in [-0.1, -0.05) is 18.2 Å². The van der Waals surface area contributed by atoms with Crippen LogP contribution in [-0.2, 0) is 33.7 Å². The highest BCUT2D eigenvalue weighted by molar-refractivity contribution is 7.82. The van der Waals surface area contributed by atoms with Crippen molar-refractivity contribution in [2.45, 2.75) is 70.1 Å². The molecule has 210 valence electrons. The number of hydrogen-bond acceptors (Lipinski definition) is 4. The molecule has 2 aromatic rings. The van der Waals surface area contributed by atoms with Crippen molar-refractivity contribution >= 4 is 34.5 Å². The number of carbonyl (C=O) groups excluding carboxylic acids is 3. The number of carbonyl (C=O) groups is 3. The van der Waals surface area contributed by atoms with Crippen molar-refractivity contribution in [3.05, 3.63) is 65.0 Å². The molecule has 1 aliphatic heterocycles. The third kappa shape index (κ3) is 7.86. The van der Waals surface area contributed by atoms with Crippen molar-refractivity contribution in [1.82, 2.24) is 20.3 Å². The minimum absolute atomic E-state index is 0.0644. The zero-order chi connectivity index (χ0) is 28.2. The van der Waals surface area contributed by atoms with Crippen LogP contribution in [0.3, 0.4) is 0 Å². The lowest BCUT2D eigenvalue weighted by Crippen LogP contribution is -2.53. The standard InChI is InChI=1S/C28H36FN5O4S/c1-28(2,33-39(3)38)17-30-25(35)26(36)31-23-10-5-18(6-11-23)19-7-12-24(13-8-19)32-27(37)34-15-20-4-9-22(29)14-21(20)16-34/h4,7-9,12-14,18,23,33H,5-6,10-11,15-17H2,1-3H3,(H,30,35)(H,31,36)(H,32,37). The Kier molecular flexibility index (Phi) is 9.01. The van der Waals surface area contributed by atoms with Crippen LogP contribution in [0.15, 0.2) is 42.5 Å². The summed E-state index contributed by atoms with van der Waals surface area (Å²) in [6, 6.07) is 12.1. The second-order valence-electron chi connectivity index (χ2n) is 11.0. The molecule has 0 aromatic heterocycles. The minimum atomic E-state index is -1.23. The van der Waals surface area contributed by atoms with Gasteiger partial charge in [-0.05, 0) is 86.4 Å². The first-order chi connectivity index (χ1) is 18.5. The van der Waals surface area contributed by atoms with Crippen molar-refractivity contribution < 1.29 is 23.0 Å². The first-order valence-corrected chi connectivity index (χ1v) is 14.7. The fourth-order valence-electron chi connectivity index (χ4n) is 5.18. The molecular weight excluding hydrogens is 521 g/mol. The molecule has 0 bridgehead atoms. The van der Waals surface area contributed by atoms with E-state index in [1.54, 1.807) is 24.8 Å². The number of amides is 4. The zero-order valence-corrected chi connectivity index (χ0v) is 23.3. The highest BCUT2D eigenvalue weighted by Gasteiger charge is 2.27. The normalized spacial score (nSPS) is 19.6. The van der Waals surface area contributed by atoms with Gasteiger partial charge in [0.25, 0.3) is 0 Å². The molecule has 11 heteroatoms. The summed E-state index contributed by atoms with van der Waals surface area (Å²) in [6.45, 7) is 4.61. The minimum Gasteiger partial charge on any atom is -0.346 e. The quantitative estimate of drug-likeness (QED) is 0.391. The SMILES string of the molecule is CS(=O)NC(C)(C)CNC(=O)C(=O)NC1CCC(c2ccc(NC(=O)N3Cc4ccc(F)cc4C3)cc2)CC1. The third-order valence-corrected chi connectivity index (χ3v) is 8.03. The van der Waals surface area contributed by atoms with E-state index in [-0.39, 0.29) is 24.4 Å². The highest BCUT2D eigenvalue weighted by atomic mass is 32.2. The lowest BCUT2D eigenvalue weighted by atomic mass is 9.81. The Balaban J connectivity index is 1.20. The largest absolute Gasteiger partial charge is 0.346 e. The van der Waals surface area contributed by atoms with Gasteiger partial charge >= 0.3 is 17.8 Å². The Morgan fingerprint density at radius 1 is 0.974 bits per heavy atom. The van der Waals surface area contributed by atoms with Crippen LogP contribution in [0.4, 0.5) is 14.9 Å². The molecular formula is C28H36FN5O4S. The molecule has 1 aliphatic carbocycles. The molecule has 1 atom stereocenters. The third-order valence-electron chi connectivity index (χ3n) is 7.19. The first kappa shape index (κ1) is 28.7.